The molecule has 1 aliphatic rings. The minimum atomic E-state index is -0.444. The maximum Gasteiger partial charge on any atom is 0.276 e. The van der Waals surface area contributed by atoms with E-state index < -0.39 is 4.92 Å². The summed E-state index contributed by atoms with van der Waals surface area (Å²) in [4.78, 5) is 22.4. The van der Waals surface area contributed by atoms with E-state index in [2.05, 4.69) is 12.2 Å². The molecule has 0 spiro atoms. The number of nitro benzene ring substituents is 1. The van der Waals surface area contributed by atoms with Crippen LogP contribution in [0.25, 0.3) is 6.08 Å². The third kappa shape index (κ3) is 4.15. The summed E-state index contributed by atoms with van der Waals surface area (Å²) in [6, 6.07) is 6.60. The molecule has 5 heteroatoms. The summed E-state index contributed by atoms with van der Waals surface area (Å²) in [5.41, 5.74) is 0.446. The van der Waals surface area contributed by atoms with Crippen molar-refractivity contribution in [3.05, 3.63) is 46.0 Å². The molecule has 21 heavy (non-hydrogen) atoms. The van der Waals surface area contributed by atoms with E-state index in [1.54, 1.807) is 18.2 Å². The number of hydrogen-bond donors (Lipinski definition) is 1. The highest BCUT2D eigenvalue weighted by molar-refractivity contribution is 5.92. The van der Waals surface area contributed by atoms with Crippen molar-refractivity contribution < 1.29 is 9.72 Å². The van der Waals surface area contributed by atoms with Gasteiger partial charge in [0.1, 0.15) is 0 Å². The van der Waals surface area contributed by atoms with Gasteiger partial charge in [-0.3, -0.25) is 14.9 Å². The second-order valence-corrected chi connectivity index (χ2v) is 5.53. The number of para-hydroxylation sites is 1. The van der Waals surface area contributed by atoms with Crippen LogP contribution in [0.1, 0.15) is 38.2 Å². The van der Waals surface area contributed by atoms with E-state index in [9.17, 15) is 14.9 Å². The van der Waals surface area contributed by atoms with Crippen LogP contribution in [0, 0.1) is 16.0 Å². The van der Waals surface area contributed by atoms with Crippen molar-refractivity contribution in [1.29, 1.82) is 0 Å². The summed E-state index contributed by atoms with van der Waals surface area (Å²) >= 11 is 0. The van der Waals surface area contributed by atoms with Crippen molar-refractivity contribution in [3.8, 4) is 0 Å². The van der Waals surface area contributed by atoms with Gasteiger partial charge in [-0.25, -0.2) is 0 Å². The Morgan fingerprint density at radius 2 is 2.05 bits per heavy atom. The van der Waals surface area contributed by atoms with Crippen LogP contribution in [-0.4, -0.2) is 16.9 Å². The first kappa shape index (κ1) is 15.2. The van der Waals surface area contributed by atoms with Crippen LogP contribution >= 0.6 is 0 Å². The van der Waals surface area contributed by atoms with Gasteiger partial charge >= 0.3 is 0 Å². The molecular formula is C16H20N2O3. The van der Waals surface area contributed by atoms with Gasteiger partial charge in [0.05, 0.1) is 10.5 Å². The number of rotatable bonds is 4. The normalized spacial score (nSPS) is 22.1. The topological polar surface area (TPSA) is 72.2 Å². The monoisotopic (exact) mass is 288 g/mol. The van der Waals surface area contributed by atoms with Gasteiger partial charge in [-0.2, -0.15) is 0 Å². The smallest absolute Gasteiger partial charge is 0.276 e. The van der Waals surface area contributed by atoms with Crippen LogP contribution in [0.15, 0.2) is 30.3 Å². The molecule has 0 radical (unpaired) electrons. The molecule has 1 fully saturated rings. The number of nitro groups is 1. The number of carbonyl (C=O) groups excluding carboxylic acids is 1. The molecule has 112 valence electrons. The van der Waals surface area contributed by atoms with E-state index in [1.807, 2.05) is 0 Å². The van der Waals surface area contributed by atoms with Crippen molar-refractivity contribution in [3.63, 3.8) is 0 Å². The quantitative estimate of drug-likeness (QED) is 0.525. The Labute approximate surface area is 124 Å². The summed E-state index contributed by atoms with van der Waals surface area (Å²) in [6.45, 7) is 2.15. The van der Waals surface area contributed by atoms with Crippen LogP contribution in [0.5, 0.6) is 0 Å². The standard InChI is InChI=1S/C16H20N2O3/c1-12-6-2-4-8-14(12)17-16(19)11-10-13-7-3-5-9-15(13)18(20)21/h3,5,7,9-12,14H,2,4,6,8H2,1H3,(H,17,19)/b11-10+/t12-,14-/m0/s1. The lowest BCUT2D eigenvalue weighted by Crippen LogP contribution is -2.40. The Morgan fingerprint density at radius 1 is 1.33 bits per heavy atom. The van der Waals surface area contributed by atoms with Crippen molar-refractivity contribution in [2.75, 3.05) is 0 Å². The number of benzene rings is 1. The second-order valence-electron chi connectivity index (χ2n) is 5.53. The number of nitrogens with one attached hydrogen (secondary N) is 1. The molecule has 1 amide bonds. The van der Waals surface area contributed by atoms with E-state index in [4.69, 9.17) is 0 Å². The minimum absolute atomic E-state index is 0.00702. The number of hydrogen-bond acceptors (Lipinski definition) is 3. The fourth-order valence-corrected chi connectivity index (χ4v) is 2.72. The van der Waals surface area contributed by atoms with E-state index in [1.165, 1.54) is 24.6 Å². The number of amides is 1. The van der Waals surface area contributed by atoms with Crippen LogP contribution < -0.4 is 5.32 Å². The second kappa shape index (κ2) is 7.02. The maximum atomic E-state index is 11.9. The predicted molar refractivity (Wildman–Crippen MR) is 81.7 cm³/mol. The predicted octanol–water partition coefficient (Wildman–Crippen LogP) is 3.30. The van der Waals surface area contributed by atoms with Gasteiger partial charge in [-0.1, -0.05) is 31.9 Å². The van der Waals surface area contributed by atoms with Crippen LogP contribution in [0.4, 0.5) is 5.69 Å². The lowest BCUT2D eigenvalue weighted by Gasteiger charge is -2.29. The van der Waals surface area contributed by atoms with Gasteiger partial charge in [0.15, 0.2) is 0 Å². The molecule has 1 aromatic rings. The van der Waals surface area contributed by atoms with Crippen LogP contribution in [0.3, 0.4) is 0 Å². The molecule has 5 nitrogen and oxygen atoms in total. The summed E-state index contributed by atoms with van der Waals surface area (Å²) in [7, 11) is 0. The molecule has 1 aliphatic carbocycles. The van der Waals surface area contributed by atoms with E-state index in [-0.39, 0.29) is 17.6 Å². The molecule has 0 unspecified atom stereocenters. The van der Waals surface area contributed by atoms with Crippen molar-refractivity contribution in [2.24, 2.45) is 5.92 Å². The average Bonchev–Trinajstić information content (AvgIpc) is 2.48. The Kier molecular flexibility index (Phi) is 5.09. The van der Waals surface area contributed by atoms with E-state index >= 15 is 0 Å². The number of nitrogens with zero attached hydrogens (tertiary/aromatic N) is 1. The summed E-state index contributed by atoms with van der Waals surface area (Å²) < 4.78 is 0. The summed E-state index contributed by atoms with van der Waals surface area (Å²) in [5.74, 6) is 0.300. The molecule has 1 aromatic carbocycles. The Bertz CT molecular complexity index is 554. The Hall–Kier alpha value is -2.17. The number of carbonyl (C=O) groups is 1. The lowest BCUT2D eigenvalue weighted by molar-refractivity contribution is -0.385. The fourth-order valence-electron chi connectivity index (χ4n) is 2.72. The molecule has 1 saturated carbocycles. The largest absolute Gasteiger partial charge is 0.350 e. The summed E-state index contributed by atoms with van der Waals surface area (Å²) in [6.07, 6.45) is 7.39. The average molecular weight is 288 g/mol. The van der Waals surface area contributed by atoms with Crippen molar-refractivity contribution in [1.82, 2.24) is 5.32 Å². The highest BCUT2D eigenvalue weighted by Crippen LogP contribution is 2.24. The van der Waals surface area contributed by atoms with Gasteiger partial charge in [0.25, 0.3) is 5.69 Å². The third-order valence-electron chi connectivity index (χ3n) is 3.99. The first-order valence-electron chi connectivity index (χ1n) is 7.30. The molecule has 0 heterocycles. The van der Waals surface area contributed by atoms with Crippen LogP contribution in [0.2, 0.25) is 0 Å². The highest BCUT2D eigenvalue weighted by atomic mass is 16.6. The van der Waals surface area contributed by atoms with E-state index in [0.717, 1.165) is 19.3 Å². The molecule has 2 atom stereocenters. The first-order valence-corrected chi connectivity index (χ1v) is 7.30. The van der Waals surface area contributed by atoms with Crippen molar-refractivity contribution >= 4 is 17.7 Å². The zero-order chi connectivity index (χ0) is 15.2. The molecular weight excluding hydrogens is 268 g/mol. The zero-order valence-corrected chi connectivity index (χ0v) is 12.1. The van der Waals surface area contributed by atoms with Gasteiger partial charge < -0.3 is 5.32 Å². The third-order valence-corrected chi connectivity index (χ3v) is 3.99. The highest BCUT2D eigenvalue weighted by Gasteiger charge is 2.22. The Morgan fingerprint density at radius 3 is 2.76 bits per heavy atom. The van der Waals surface area contributed by atoms with Crippen LogP contribution in [-0.2, 0) is 4.79 Å². The molecule has 0 saturated heterocycles. The summed E-state index contributed by atoms with van der Waals surface area (Å²) in [5, 5.41) is 13.9. The fraction of sp³-hybridized carbons (Fsp3) is 0.438. The minimum Gasteiger partial charge on any atom is -0.350 e. The SMILES string of the molecule is C[C@H]1CCCC[C@@H]1NC(=O)/C=C/c1ccccc1[N+](=O)[O-]. The molecule has 0 bridgehead atoms. The zero-order valence-electron chi connectivity index (χ0n) is 12.1. The molecule has 0 aromatic heterocycles. The van der Waals surface area contributed by atoms with Gasteiger partial charge in [0.2, 0.25) is 5.91 Å². The lowest BCUT2D eigenvalue weighted by atomic mass is 9.86. The van der Waals surface area contributed by atoms with Gasteiger partial charge in [-0.05, 0) is 30.9 Å². The molecule has 1 N–H and O–H groups in total. The maximum absolute atomic E-state index is 11.9. The Balaban J connectivity index is 2.00. The first-order chi connectivity index (χ1) is 10.1. The molecule has 2 rings (SSSR count). The van der Waals surface area contributed by atoms with E-state index in [0.29, 0.717) is 11.5 Å². The molecule has 0 aliphatic heterocycles. The van der Waals surface area contributed by atoms with Crippen molar-refractivity contribution in [2.45, 2.75) is 38.6 Å². The van der Waals surface area contributed by atoms with Gasteiger partial charge in [-0.15, -0.1) is 0 Å². The van der Waals surface area contributed by atoms with Gasteiger partial charge in [0, 0.05) is 18.2 Å².